The first-order valence-electron chi connectivity index (χ1n) is 6.48. The Morgan fingerprint density at radius 1 is 1.41 bits per heavy atom. The van der Waals surface area contributed by atoms with Crippen molar-refractivity contribution in [1.29, 1.82) is 0 Å². The predicted molar refractivity (Wildman–Crippen MR) is 72.5 cm³/mol. The van der Waals surface area contributed by atoms with E-state index >= 15 is 0 Å². The van der Waals surface area contributed by atoms with Gasteiger partial charge in [-0.05, 0) is 13.3 Å². The van der Waals surface area contributed by atoms with Gasteiger partial charge in [-0.1, -0.05) is 6.92 Å². The molecule has 1 atom stereocenters. The van der Waals surface area contributed by atoms with Gasteiger partial charge in [-0.2, -0.15) is 11.8 Å². The third-order valence-electron chi connectivity index (χ3n) is 2.90. The molecule has 1 unspecified atom stereocenters. The lowest BCUT2D eigenvalue weighted by Gasteiger charge is -2.26. The Balaban J connectivity index is 2.16. The van der Waals surface area contributed by atoms with Crippen LogP contribution < -0.4 is 5.32 Å². The van der Waals surface area contributed by atoms with Crippen molar-refractivity contribution in [1.82, 2.24) is 10.2 Å². The van der Waals surface area contributed by atoms with Crippen LogP contribution in [0.4, 0.5) is 0 Å². The monoisotopic (exact) mass is 260 g/mol. The van der Waals surface area contributed by atoms with Gasteiger partial charge < -0.3 is 15.0 Å². The molecule has 4 nitrogen and oxygen atoms in total. The summed E-state index contributed by atoms with van der Waals surface area (Å²) in [5, 5.41) is 3.28. The Bertz CT molecular complexity index is 221. The largest absolute Gasteiger partial charge is 0.465 e. The normalized spacial score (nSPS) is 18.9. The maximum Gasteiger partial charge on any atom is 0.323 e. The molecular weight excluding hydrogens is 236 g/mol. The Kier molecular flexibility index (Phi) is 7.64. The van der Waals surface area contributed by atoms with E-state index in [1.807, 2.05) is 25.6 Å². The van der Waals surface area contributed by atoms with Crippen LogP contribution in [0.2, 0.25) is 0 Å². The molecule has 0 aromatic heterocycles. The SMILES string of the molecule is CCOC(=O)C(CC)NCCN1CCSCC1. The number of rotatable bonds is 7. The Morgan fingerprint density at radius 2 is 2.12 bits per heavy atom. The lowest BCUT2D eigenvalue weighted by atomic mass is 10.2. The van der Waals surface area contributed by atoms with Gasteiger partial charge in [0, 0.05) is 37.7 Å². The minimum absolute atomic E-state index is 0.121. The second kappa shape index (κ2) is 8.78. The van der Waals surface area contributed by atoms with E-state index in [0.29, 0.717) is 6.61 Å². The summed E-state index contributed by atoms with van der Waals surface area (Å²) in [6.45, 7) is 8.53. The fourth-order valence-corrected chi connectivity index (χ4v) is 2.84. The van der Waals surface area contributed by atoms with E-state index in [4.69, 9.17) is 4.74 Å². The number of carbonyl (C=O) groups is 1. The molecule has 1 fully saturated rings. The minimum atomic E-state index is -0.144. The lowest BCUT2D eigenvalue weighted by Crippen LogP contribution is -2.43. The molecule has 0 bridgehead atoms. The Morgan fingerprint density at radius 3 is 2.71 bits per heavy atom. The summed E-state index contributed by atoms with van der Waals surface area (Å²) < 4.78 is 5.02. The third-order valence-corrected chi connectivity index (χ3v) is 3.84. The van der Waals surface area contributed by atoms with Crippen LogP contribution >= 0.6 is 11.8 Å². The number of ether oxygens (including phenoxy) is 1. The number of hydrogen-bond donors (Lipinski definition) is 1. The van der Waals surface area contributed by atoms with E-state index in [9.17, 15) is 4.79 Å². The van der Waals surface area contributed by atoms with E-state index in [1.54, 1.807) is 0 Å². The molecule has 0 amide bonds. The van der Waals surface area contributed by atoms with Crippen LogP contribution in [-0.2, 0) is 9.53 Å². The van der Waals surface area contributed by atoms with E-state index < -0.39 is 0 Å². The summed E-state index contributed by atoms with van der Waals surface area (Å²) in [7, 11) is 0. The first-order chi connectivity index (χ1) is 8.27. The van der Waals surface area contributed by atoms with E-state index in [1.165, 1.54) is 24.6 Å². The summed E-state index contributed by atoms with van der Waals surface area (Å²) in [6.07, 6.45) is 0.786. The first-order valence-corrected chi connectivity index (χ1v) is 7.63. The molecular formula is C12H24N2O2S. The van der Waals surface area contributed by atoms with Crippen molar-refractivity contribution in [3.63, 3.8) is 0 Å². The second-order valence-corrected chi connectivity index (χ2v) is 5.35. The predicted octanol–water partition coefficient (Wildman–Crippen LogP) is 0.967. The molecule has 0 spiro atoms. The van der Waals surface area contributed by atoms with Crippen LogP contribution in [0.25, 0.3) is 0 Å². The molecule has 17 heavy (non-hydrogen) atoms. The van der Waals surface area contributed by atoms with Gasteiger partial charge in [-0.15, -0.1) is 0 Å². The summed E-state index contributed by atoms with van der Waals surface area (Å²) >= 11 is 2.02. The standard InChI is InChI=1S/C12H24N2O2S/c1-3-11(12(15)16-4-2)13-5-6-14-7-9-17-10-8-14/h11,13H,3-10H2,1-2H3. The molecule has 1 N–H and O–H groups in total. The molecule has 1 aliphatic heterocycles. The van der Waals surface area contributed by atoms with Crippen LogP contribution in [0, 0.1) is 0 Å². The Labute approximate surface area is 108 Å². The minimum Gasteiger partial charge on any atom is -0.465 e. The van der Waals surface area contributed by atoms with E-state index in [-0.39, 0.29) is 12.0 Å². The van der Waals surface area contributed by atoms with Gasteiger partial charge in [-0.3, -0.25) is 4.79 Å². The average molecular weight is 260 g/mol. The van der Waals surface area contributed by atoms with Gasteiger partial charge in [-0.25, -0.2) is 0 Å². The summed E-state index contributed by atoms with van der Waals surface area (Å²) in [5.41, 5.74) is 0. The quantitative estimate of drug-likeness (QED) is 0.691. The van der Waals surface area contributed by atoms with Gasteiger partial charge in [0.2, 0.25) is 0 Å². The molecule has 1 saturated heterocycles. The van der Waals surface area contributed by atoms with Gasteiger partial charge in [0.05, 0.1) is 6.61 Å². The highest BCUT2D eigenvalue weighted by Crippen LogP contribution is 2.08. The molecule has 0 saturated carbocycles. The topological polar surface area (TPSA) is 41.6 Å². The molecule has 1 aliphatic rings. The maximum absolute atomic E-state index is 11.6. The highest BCUT2D eigenvalue weighted by Gasteiger charge is 2.17. The molecule has 0 aliphatic carbocycles. The van der Waals surface area contributed by atoms with Crippen LogP contribution in [0.15, 0.2) is 0 Å². The van der Waals surface area contributed by atoms with Crippen molar-refractivity contribution in [2.75, 3.05) is 44.3 Å². The zero-order chi connectivity index (χ0) is 12.5. The molecule has 0 aromatic carbocycles. The highest BCUT2D eigenvalue weighted by molar-refractivity contribution is 7.99. The zero-order valence-corrected chi connectivity index (χ0v) is 11.7. The number of thioether (sulfide) groups is 1. The number of esters is 1. The van der Waals surface area contributed by atoms with Crippen LogP contribution in [0.1, 0.15) is 20.3 Å². The zero-order valence-electron chi connectivity index (χ0n) is 10.9. The number of nitrogens with zero attached hydrogens (tertiary/aromatic N) is 1. The number of nitrogens with one attached hydrogen (secondary N) is 1. The maximum atomic E-state index is 11.6. The fourth-order valence-electron chi connectivity index (χ4n) is 1.86. The van der Waals surface area contributed by atoms with Crippen molar-refractivity contribution in [3.8, 4) is 0 Å². The van der Waals surface area contributed by atoms with Crippen molar-refractivity contribution in [2.45, 2.75) is 26.3 Å². The number of carbonyl (C=O) groups excluding carboxylic acids is 1. The molecule has 100 valence electrons. The van der Waals surface area contributed by atoms with Crippen molar-refractivity contribution >= 4 is 17.7 Å². The second-order valence-electron chi connectivity index (χ2n) is 4.12. The molecule has 0 radical (unpaired) electrons. The van der Waals surface area contributed by atoms with Gasteiger partial charge in [0.15, 0.2) is 0 Å². The third kappa shape index (κ3) is 5.75. The van der Waals surface area contributed by atoms with Crippen molar-refractivity contribution in [3.05, 3.63) is 0 Å². The van der Waals surface area contributed by atoms with Crippen molar-refractivity contribution < 1.29 is 9.53 Å². The van der Waals surface area contributed by atoms with Crippen LogP contribution in [0.5, 0.6) is 0 Å². The van der Waals surface area contributed by atoms with Gasteiger partial charge in [0.25, 0.3) is 0 Å². The van der Waals surface area contributed by atoms with Crippen LogP contribution in [0.3, 0.4) is 0 Å². The number of hydrogen-bond acceptors (Lipinski definition) is 5. The van der Waals surface area contributed by atoms with Crippen molar-refractivity contribution in [2.24, 2.45) is 0 Å². The van der Waals surface area contributed by atoms with E-state index in [0.717, 1.165) is 19.5 Å². The Hall–Kier alpha value is -0.260. The molecule has 5 heteroatoms. The average Bonchev–Trinajstić information content (AvgIpc) is 2.36. The van der Waals surface area contributed by atoms with Crippen LogP contribution in [-0.4, -0.2) is 61.2 Å². The highest BCUT2D eigenvalue weighted by atomic mass is 32.2. The molecule has 1 rings (SSSR count). The first kappa shape index (κ1) is 14.8. The fraction of sp³-hybridized carbons (Fsp3) is 0.917. The van der Waals surface area contributed by atoms with Gasteiger partial charge >= 0.3 is 5.97 Å². The summed E-state index contributed by atoms with van der Waals surface area (Å²) in [4.78, 5) is 14.0. The van der Waals surface area contributed by atoms with Gasteiger partial charge in [0.1, 0.15) is 6.04 Å². The summed E-state index contributed by atoms with van der Waals surface area (Å²) in [5.74, 6) is 2.34. The smallest absolute Gasteiger partial charge is 0.323 e. The molecule has 1 heterocycles. The van der Waals surface area contributed by atoms with E-state index in [2.05, 4.69) is 10.2 Å². The molecule has 0 aromatic rings. The summed E-state index contributed by atoms with van der Waals surface area (Å²) in [6, 6.07) is -0.144. The lowest BCUT2D eigenvalue weighted by molar-refractivity contribution is -0.145.